The second-order valence-electron chi connectivity index (χ2n) is 11.9. The predicted molar refractivity (Wildman–Crippen MR) is 157 cm³/mol. The second kappa shape index (κ2) is 15.7. The van der Waals surface area contributed by atoms with Crippen LogP contribution in [0.3, 0.4) is 0 Å². The van der Waals surface area contributed by atoms with Crippen molar-refractivity contribution in [3.05, 3.63) is 53.6 Å². The van der Waals surface area contributed by atoms with Crippen LogP contribution in [0, 0.1) is 0 Å². The summed E-state index contributed by atoms with van der Waals surface area (Å²) in [5.74, 6) is -2.85. The number of imidazole rings is 1. The smallest absolute Gasteiger partial charge is 0.407 e. The summed E-state index contributed by atoms with van der Waals surface area (Å²) >= 11 is 0. The quantitative estimate of drug-likeness (QED) is 0.152. The summed E-state index contributed by atoms with van der Waals surface area (Å²) in [6.07, 6.45) is 1.78. The first kappa shape index (κ1) is 34.8. The van der Waals surface area contributed by atoms with E-state index in [0.717, 1.165) is 11.9 Å². The third-order valence-electron chi connectivity index (χ3n) is 5.59. The van der Waals surface area contributed by atoms with Gasteiger partial charge in [0, 0.05) is 6.54 Å². The highest BCUT2D eigenvalue weighted by Gasteiger charge is 2.30. The molecule has 0 saturated carbocycles. The maximum absolute atomic E-state index is 13.2. The van der Waals surface area contributed by atoms with Crippen LogP contribution in [0.2, 0.25) is 0 Å². The van der Waals surface area contributed by atoms with Crippen LogP contribution in [0.5, 0.6) is 0 Å². The molecule has 0 aliphatic heterocycles. The lowest BCUT2D eigenvalue weighted by Gasteiger charge is -2.24. The molecule has 0 spiro atoms. The zero-order valence-corrected chi connectivity index (χ0v) is 25.9. The number of amides is 3. The molecule has 0 unspecified atom stereocenters. The maximum Gasteiger partial charge on any atom is 0.407 e. The molecule has 13 nitrogen and oxygen atoms in total. The van der Waals surface area contributed by atoms with E-state index in [4.69, 9.17) is 14.2 Å². The molecule has 2 atom stereocenters. The fourth-order valence-corrected chi connectivity index (χ4v) is 3.65. The van der Waals surface area contributed by atoms with Crippen molar-refractivity contribution in [2.45, 2.75) is 97.6 Å². The van der Waals surface area contributed by atoms with Gasteiger partial charge in [0.15, 0.2) is 5.69 Å². The van der Waals surface area contributed by atoms with Gasteiger partial charge in [-0.2, -0.15) is 0 Å². The summed E-state index contributed by atoms with van der Waals surface area (Å²) in [5.41, 5.74) is -1.09. The Morgan fingerprint density at radius 3 is 2.14 bits per heavy atom. The minimum Gasteiger partial charge on any atom is -0.459 e. The van der Waals surface area contributed by atoms with Gasteiger partial charge >= 0.3 is 18.0 Å². The number of aromatic amines is 1. The Bertz CT molecular complexity index is 1250. The number of ether oxygens (including phenoxy) is 3. The van der Waals surface area contributed by atoms with Crippen LogP contribution < -0.4 is 16.0 Å². The average Bonchev–Trinajstić information content (AvgIpc) is 3.40. The molecule has 0 aliphatic carbocycles. The lowest BCUT2D eigenvalue weighted by atomic mass is 10.1. The van der Waals surface area contributed by atoms with Gasteiger partial charge in [-0.15, -0.1) is 0 Å². The van der Waals surface area contributed by atoms with Crippen LogP contribution in [-0.2, 0) is 30.4 Å². The molecule has 236 valence electrons. The van der Waals surface area contributed by atoms with Crippen molar-refractivity contribution >= 4 is 29.8 Å². The van der Waals surface area contributed by atoms with E-state index < -0.39 is 53.1 Å². The molecule has 1 aromatic heterocycles. The molecule has 43 heavy (non-hydrogen) atoms. The molecule has 0 fully saturated rings. The lowest BCUT2D eigenvalue weighted by Crippen LogP contribution is -2.45. The van der Waals surface area contributed by atoms with Crippen molar-refractivity contribution in [3.63, 3.8) is 0 Å². The van der Waals surface area contributed by atoms with E-state index in [0.29, 0.717) is 19.4 Å². The van der Waals surface area contributed by atoms with Gasteiger partial charge in [-0.25, -0.2) is 19.4 Å². The third-order valence-corrected chi connectivity index (χ3v) is 5.59. The number of unbranched alkanes of at least 4 members (excludes halogenated alkanes) is 1. The molecule has 13 heteroatoms. The van der Waals surface area contributed by atoms with Gasteiger partial charge in [-0.1, -0.05) is 30.3 Å². The van der Waals surface area contributed by atoms with Crippen molar-refractivity contribution in [1.82, 2.24) is 25.9 Å². The van der Waals surface area contributed by atoms with Gasteiger partial charge in [0.2, 0.25) is 0 Å². The molecule has 1 heterocycles. The second-order valence-corrected chi connectivity index (χ2v) is 11.9. The van der Waals surface area contributed by atoms with Gasteiger partial charge < -0.3 is 35.1 Å². The van der Waals surface area contributed by atoms with Crippen LogP contribution in [0.25, 0.3) is 0 Å². The van der Waals surface area contributed by atoms with Crippen LogP contribution >= 0.6 is 0 Å². The Balaban J connectivity index is 1.99. The topological polar surface area (TPSA) is 178 Å². The summed E-state index contributed by atoms with van der Waals surface area (Å²) < 4.78 is 15.9. The maximum atomic E-state index is 13.2. The average molecular weight is 602 g/mol. The summed E-state index contributed by atoms with van der Waals surface area (Å²) in [7, 11) is 0. The Hall–Kier alpha value is -4.42. The van der Waals surface area contributed by atoms with Crippen molar-refractivity contribution in [2.75, 3.05) is 6.54 Å². The minimum absolute atomic E-state index is 0.0407. The van der Waals surface area contributed by atoms with Crippen molar-refractivity contribution in [3.8, 4) is 0 Å². The minimum atomic E-state index is -1.04. The SMILES string of the molecule is C[C@H](NC(=O)c1nc[nH]c1C(=O)N[C@@H](CCCCNC(=O)OC(C)(C)C)C(=O)OC(C)(C)C)C(=O)OCc1ccccc1. The van der Waals surface area contributed by atoms with E-state index in [-0.39, 0.29) is 24.4 Å². The van der Waals surface area contributed by atoms with Gasteiger partial charge in [0.05, 0.1) is 6.33 Å². The predicted octanol–water partition coefficient (Wildman–Crippen LogP) is 3.41. The highest BCUT2D eigenvalue weighted by Crippen LogP contribution is 2.13. The number of hydrogen-bond acceptors (Lipinski definition) is 9. The van der Waals surface area contributed by atoms with E-state index in [1.165, 1.54) is 6.92 Å². The summed E-state index contributed by atoms with van der Waals surface area (Å²) in [4.78, 5) is 69.8. The fourth-order valence-electron chi connectivity index (χ4n) is 3.65. The number of esters is 2. The first-order valence-electron chi connectivity index (χ1n) is 14.1. The molecule has 0 aliphatic rings. The standard InChI is InChI=1S/C30H43N5O8/c1-19(26(38)41-17-20-13-9-8-10-14-20)34-24(36)22-23(33-18-32-22)25(37)35-21(27(39)42-29(2,3)4)15-11-12-16-31-28(40)43-30(5,6)7/h8-10,13-14,18-19,21H,11-12,15-17H2,1-7H3,(H,31,40)(H,32,33)(H,34,36)(H,35,37)/t19-,21-/m0/s1. The molecular formula is C30H43N5O8. The summed E-state index contributed by atoms with van der Waals surface area (Å²) in [5, 5.41) is 7.74. The Kier molecular flexibility index (Phi) is 12.7. The third kappa shape index (κ3) is 13.0. The number of alkyl carbamates (subject to hydrolysis) is 1. The molecule has 2 rings (SSSR count). The van der Waals surface area contributed by atoms with Crippen molar-refractivity contribution in [2.24, 2.45) is 0 Å². The van der Waals surface area contributed by atoms with E-state index in [9.17, 15) is 24.0 Å². The van der Waals surface area contributed by atoms with E-state index >= 15 is 0 Å². The van der Waals surface area contributed by atoms with Crippen LogP contribution in [0.15, 0.2) is 36.7 Å². The lowest BCUT2D eigenvalue weighted by molar-refractivity contribution is -0.157. The first-order valence-corrected chi connectivity index (χ1v) is 14.1. The Morgan fingerprint density at radius 2 is 1.51 bits per heavy atom. The van der Waals surface area contributed by atoms with Gasteiger partial charge in [-0.3, -0.25) is 9.59 Å². The Morgan fingerprint density at radius 1 is 0.860 bits per heavy atom. The first-order chi connectivity index (χ1) is 20.1. The number of carbonyl (C=O) groups is 5. The highest BCUT2D eigenvalue weighted by molar-refractivity contribution is 6.06. The number of nitrogens with one attached hydrogen (secondary N) is 4. The molecule has 0 radical (unpaired) electrons. The zero-order valence-electron chi connectivity index (χ0n) is 25.9. The van der Waals surface area contributed by atoms with Crippen LogP contribution in [-0.4, -0.2) is 69.6 Å². The largest absolute Gasteiger partial charge is 0.459 e. The number of aromatic nitrogens is 2. The van der Waals surface area contributed by atoms with Gasteiger partial charge in [0.1, 0.15) is 35.6 Å². The molecule has 0 bridgehead atoms. The molecule has 3 amide bonds. The number of nitrogens with zero attached hydrogens (tertiary/aromatic N) is 1. The zero-order chi connectivity index (χ0) is 32.2. The van der Waals surface area contributed by atoms with Crippen molar-refractivity contribution in [1.29, 1.82) is 0 Å². The Labute approximate surface area is 251 Å². The normalized spacial score (nSPS) is 12.8. The van der Waals surface area contributed by atoms with Crippen LogP contribution in [0.1, 0.15) is 94.3 Å². The molecule has 0 saturated heterocycles. The molecular weight excluding hydrogens is 558 g/mol. The van der Waals surface area contributed by atoms with E-state index in [1.54, 1.807) is 53.7 Å². The van der Waals surface area contributed by atoms with E-state index in [1.807, 2.05) is 18.2 Å². The van der Waals surface area contributed by atoms with Gasteiger partial charge in [0.25, 0.3) is 11.8 Å². The van der Waals surface area contributed by atoms with Crippen LogP contribution in [0.4, 0.5) is 4.79 Å². The summed E-state index contributed by atoms with van der Waals surface area (Å²) in [6, 6.07) is 7.01. The number of carbonyl (C=O) groups excluding carboxylic acids is 5. The number of rotatable bonds is 13. The van der Waals surface area contributed by atoms with Gasteiger partial charge in [-0.05, 0) is 73.3 Å². The molecule has 2 aromatic rings. The van der Waals surface area contributed by atoms with E-state index in [2.05, 4.69) is 25.9 Å². The monoisotopic (exact) mass is 601 g/mol. The molecule has 4 N–H and O–H groups in total. The number of benzene rings is 1. The highest BCUT2D eigenvalue weighted by atomic mass is 16.6. The fraction of sp³-hybridized carbons (Fsp3) is 0.533. The molecule has 1 aromatic carbocycles. The number of H-pyrrole nitrogens is 1. The number of hydrogen-bond donors (Lipinski definition) is 4. The summed E-state index contributed by atoms with van der Waals surface area (Å²) in [6.45, 7) is 12.2. The van der Waals surface area contributed by atoms with Crippen molar-refractivity contribution < 1.29 is 38.2 Å².